The Bertz CT molecular complexity index is 1320. The predicted octanol–water partition coefficient (Wildman–Crippen LogP) is 5.02. The Balaban J connectivity index is 1.50. The summed E-state index contributed by atoms with van der Waals surface area (Å²) in [7, 11) is 0. The van der Waals surface area contributed by atoms with Gasteiger partial charge in [-0.1, -0.05) is 24.8 Å². The van der Waals surface area contributed by atoms with Crippen molar-refractivity contribution in [2.75, 3.05) is 11.4 Å². The maximum Gasteiger partial charge on any atom is 0.319 e. The monoisotopic (exact) mass is 526 g/mol. The third-order valence-corrected chi connectivity index (χ3v) is 7.66. The van der Waals surface area contributed by atoms with Crippen LogP contribution in [0.4, 0.5) is 10.3 Å². The first-order valence-electron chi connectivity index (χ1n) is 11.5. The molecule has 8 nitrogen and oxygen atoms in total. The summed E-state index contributed by atoms with van der Waals surface area (Å²) in [5.74, 6) is -0.590. The Morgan fingerprint density at radius 1 is 1.22 bits per heavy atom. The van der Waals surface area contributed by atoms with Crippen LogP contribution in [0, 0.1) is 5.82 Å². The van der Waals surface area contributed by atoms with Crippen molar-refractivity contribution in [1.82, 2.24) is 24.7 Å². The SMILES string of the molecule is CCc1cnc(N(CCc2csc(SC(C)(C)C(=O)O)n2)Cc2cnn(-c3cccc(F)c3)c2)nc1. The molecule has 3 aromatic heterocycles. The van der Waals surface area contributed by atoms with Gasteiger partial charge in [-0.25, -0.2) is 24.0 Å². The minimum Gasteiger partial charge on any atom is -0.480 e. The van der Waals surface area contributed by atoms with E-state index in [1.165, 1.54) is 35.2 Å². The van der Waals surface area contributed by atoms with Crippen LogP contribution in [0.1, 0.15) is 37.6 Å². The lowest BCUT2D eigenvalue weighted by molar-refractivity contribution is -0.138. The summed E-state index contributed by atoms with van der Waals surface area (Å²) < 4.78 is 15.1. The van der Waals surface area contributed by atoms with Crippen molar-refractivity contribution >= 4 is 35.0 Å². The fourth-order valence-electron chi connectivity index (χ4n) is 3.33. The molecule has 0 saturated carbocycles. The maximum atomic E-state index is 13.6. The van der Waals surface area contributed by atoms with Gasteiger partial charge in [-0.3, -0.25) is 4.79 Å². The second-order valence-corrected chi connectivity index (χ2v) is 11.4. The number of aryl methyl sites for hydroxylation is 1. The Labute approximate surface area is 217 Å². The quantitative estimate of drug-likeness (QED) is 0.272. The highest BCUT2D eigenvalue weighted by Gasteiger charge is 2.29. The van der Waals surface area contributed by atoms with Gasteiger partial charge in [-0.05, 0) is 44.0 Å². The highest BCUT2D eigenvalue weighted by Crippen LogP contribution is 2.34. The van der Waals surface area contributed by atoms with E-state index in [0.29, 0.717) is 31.1 Å². The molecule has 0 aliphatic heterocycles. The van der Waals surface area contributed by atoms with Crippen molar-refractivity contribution in [2.45, 2.75) is 49.2 Å². The highest BCUT2D eigenvalue weighted by atomic mass is 32.2. The molecule has 188 valence electrons. The molecule has 3 heterocycles. The topological polar surface area (TPSA) is 97.0 Å². The second kappa shape index (κ2) is 11.2. The molecule has 36 heavy (non-hydrogen) atoms. The van der Waals surface area contributed by atoms with E-state index < -0.39 is 10.7 Å². The number of rotatable bonds is 11. The Morgan fingerprint density at radius 3 is 2.69 bits per heavy atom. The van der Waals surface area contributed by atoms with Gasteiger partial charge in [0.15, 0.2) is 4.34 Å². The molecule has 0 atom stereocenters. The van der Waals surface area contributed by atoms with E-state index in [1.54, 1.807) is 36.9 Å². The van der Waals surface area contributed by atoms with Gasteiger partial charge < -0.3 is 10.0 Å². The van der Waals surface area contributed by atoms with Gasteiger partial charge in [0.25, 0.3) is 0 Å². The summed E-state index contributed by atoms with van der Waals surface area (Å²) in [4.78, 5) is 27.2. The lowest BCUT2D eigenvalue weighted by Gasteiger charge is -2.21. The minimum atomic E-state index is -0.947. The van der Waals surface area contributed by atoms with Gasteiger partial charge in [0.1, 0.15) is 10.6 Å². The van der Waals surface area contributed by atoms with Crippen LogP contribution >= 0.6 is 23.1 Å². The normalized spacial score (nSPS) is 11.6. The van der Waals surface area contributed by atoms with Crippen LogP contribution in [0.2, 0.25) is 0 Å². The van der Waals surface area contributed by atoms with Crippen molar-refractivity contribution < 1.29 is 14.3 Å². The Morgan fingerprint density at radius 2 is 2.00 bits per heavy atom. The number of aliphatic carboxylic acids is 1. The first-order chi connectivity index (χ1) is 17.2. The molecule has 0 fully saturated rings. The molecule has 0 aliphatic rings. The number of benzene rings is 1. The van der Waals surface area contributed by atoms with E-state index in [4.69, 9.17) is 0 Å². The number of carboxylic acid groups (broad SMARTS) is 1. The van der Waals surface area contributed by atoms with E-state index in [9.17, 15) is 14.3 Å². The van der Waals surface area contributed by atoms with Gasteiger partial charge >= 0.3 is 5.97 Å². The first-order valence-corrected chi connectivity index (χ1v) is 13.2. The van der Waals surface area contributed by atoms with E-state index >= 15 is 0 Å². The van der Waals surface area contributed by atoms with Crippen LogP contribution in [0.3, 0.4) is 0 Å². The molecule has 0 bridgehead atoms. The molecule has 0 aliphatic carbocycles. The van der Waals surface area contributed by atoms with Crippen LogP contribution in [0.25, 0.3) is 5.69 Å². The average Bonchev–Trinajstić information content (AvgIpc) is 3.51. The third kappa shape index (κ3) is 6.46. The summed E-state index contributed by atoms with van der Waals surface area (Å²) in [5.41, 5.74) is 3.52. The molecule has 1 aromatic carbocycles. The van der Waals surface area contributed by atoms with Crippen molar-refractivity contribution in [3.8, 4) is 5.69 Å². The van der Waals surface area contributed by atoms with Crippen molar-refractivity contribution in [3.05, 3.63) is 77.1 Å². The van der Waals surface area contributed by atoms with E-state index in [1.807, 2.05) is 24.0 Å². The number of hydrogen-bond donors (Lipinski definition) is 1. The number of hydrogen-bond acceptors (Lipinski definition) is 8. The maximum absolute atomic E-state index is 13.6. The number of halogens is 1. The van der Waals surface area contributed by atoms with Crippen LogP contribution in [0.15, 0.2) is 58.8 Å². The molecule has 0 unspecified atom stereocenters. The molecular formula is C25H27FN6O2S2. The lowest BCUT2D eigenvalue weighted by Crippen LogP contribution is -2.27. The standard InChI is InChI=1S/C25H27FN6O2S2/c1-4-17-11-27-23(28-12-17)31(9-8-20-16-35-24(30-20)36-25(2,3)22(33)34)14-18-13-29-32(15-18)21-7-5-6-19(26)10-21/h5-7,10-13,15-16H,4,8-9,14H2,1-3H3,(H,33,34). The van der Waals surface area contributed by atoms with Gasteiger partial charge in [0.05, 0.1) is 17.6 Å². The summed E-state index contributed by atoms with van der Waals surface area (Å²) in [5, 5.41) is 15.7. The van der Waals surface area contributed by atoms with Gasteiger partial charge in [0, 0.05) is 49.0 Å². The zero-order valence-electron chi connectivity index (χ0n) is 20.3. The van der Waals surface area contributed by atoms with Gasteiger partial charge in [-0.2, -0.15) is 5.10 Å². The van der Waals surface area contributed by atoms with Crippen molar-refractivity contribution in [2.24, 2.45) is 0 Å². The number of aromatic nitrogens is 5. The van der Waals surface area contributed by atoms with Crippen molar-refractivity contribution in [3.63, 3.8) is 0 Å². The Kier molecular flexibility index (Phi) is 8.00. The Hall–Kier alpha value is -3.31. The molecule has 0 saturated heterocycles. The largest absolute Gasteiger partial charge is 0.480 e. The number of thiazole rings is 1. The number of carboxylic acids is 1. The molecule has 0 spiro atoms. The third-order valence-electron chi connectivity index (χ3n) is 5.49. The van der Waals surface area contributed by atoms with Crippen LogP contribution < -0.4 is 4.90 Å². The highest BCUT2D eigenvalue weighted by molar-refractivity contribution is 8.03. The van der Waals surface area contributed by atoms with Crippen molar-refractivity contribution in [1.29, 1.82) is 0 Å². The van der Waals surface area contributed by atoms with Crippen LogP contribution in [-0.2, 0) is 24.2 Å². The average molecular weight is 527 g/mol. The molecular weight excluding hydrogens is 499 g/mol. The number of anilines is 1. The molecule has 4 rings (SSSR count). The minimum absolute atomic E-state index is 0.317. The van der Waals surface area contributed by atoms with Gasteiger partial charge in [-0.15, -0.1) is 11.3 Å². The number of thioether (sulfide) groups is 1. The second-order valence-electron chi connectivity index (χ2n) is 8.71. The van der Waals surface area contributed by atoms with E-state index in [-0.39, 0.29) is 5.82 Å². The zero-order chi connectivity index (χ0) is 25.7. The molecule has 0 radical (unpaired) electrons. The summed E-state index contributed by atoms with van der Waals surface area (Å²) >= 11 is 2.69. The van der Waals surface area contributed by atoms with Crippen LogP contribution in [0.5, 0.6) is 0 Å². The summed E-state index contributed by atoms with van der Waals surface area (Å²) in [6.07, 6.45) is 8.78. The molecule has 11 heteroatoms. The first kappa shape index (κ1) is 25.8. The van der Waals surface area contributed by atoms with E-state index in [2.05, 4.69) is 31.9 Å². The lowest BCUT2D eigenvalue weighted by atomic mass is 10.2. The molecule has 0 amide bonds. The zero-order valence-corrected chi connectivity index (χ0v) is 21.9. The number of nitrogens with zero attached hydrogens (tertiary/aromatic N) is 6. The summed E-state index contributed by atoms with van der Waals surface area (Å²) in [6, 6.07) is 6.29. The summed E-state index contributed by atoms with van der Waals surface area (Å²) in [6.45, 7) is 6.51. The van der Waals surface area contributed by atoms with Gasteiger partial charge in [0.2, 0.25) is 5.95 Å². The molecule has 4 aromatic rings. The molecule has 1 N–H and O–H groups in total. The predicted molar refractivity (Wildman–Crippen MR) is 139 cm³/mol. The fourth-order valence-corrected chi connectivity index (χ4v) is 5.55. The fraction of sp³-hybridized carbons (Fsp3) is 0.320. The van der Waals surface area contributed by atoms with Crippen LogP contribution in [-0.4, -0.2) is 47.1 Å². The van der Waals surface area contributed by atoms with E-state index in [0.717, 1.165) is 27.6 Å². The number of carbonyl (C=O) groups is 1. The smallest absolute Gasteiger partial charge is 0.319 e.